The van der Waals surface area contributed by atoms with E-state index in [4.69, 9.17) is 9.47 Å². The molecule has 1 N–H and O–H groups in total. The Kier molecular flexibility index (Phi) is 4.10. The number of nitrogens with one attached hydrogen (secondary N) is 1. The van der Waals surface area contributed by atoms with E-state index in [0.29, 0.717) is 24.1 Å². The summed E-state index contributed by atoms with van der Waals surface area (Å²) in [6, 6.07) is 2.20. The van der Waals surface area contributed by atoms with Gasteiger partial charge in [-0.3, -0.25) is 4.79 Å². The molecule has 0 aliphatic carbocycles. The number of aromatic amines is 1. The molecule has 2 aromatic rings. The van der Waals surface area contributed by atoms with Crippen LogP contribution in [0.15, 0.2) is 12.1 Å². The molecule has 2 heterocycles. The Hall–Kier alpha value is -1.95. The summed E-state index contributed by atoms with van der Waals surface area (Å²) < 4.78 is 39.6. The van der Waals surface area contributed by atoms with E-state index in [1.807, 2.05) is 6.92 Å². The first kappa shape index (κ1) is 15.9. The van der Waals surface area contributed by atoms with Gasteiger partial charge in [0.25, 0.3) is 5.79 Å². The fraction of sp³-hybridized carbons (Fsp3) is 0.471. The van der Waals surface area contributed by atoms with Gasteiger partial charge in [0.1, 0.15) is 11.6 Å². The van der Waals surface area contributed by atoms with Gasteiger partial charge in [-0.05, 0) is 30.5 Å². The number of benzene rings is 1. The number of carbonyl (C=O) groups excluding carboxylic acids is 1. The third-order valence-corrected chi connectivity index (χ3v) is 4.19. The van der Waals surface area contributed by atoms with E-state index < -0.39 is 23.4 Å². The molecule has 1 unspecified atom stereocenters. The topological polar surface area (TPSA) is 51.3 Å². The van der Waals surface area contributed by atoms with Gasteiger partial charge in [0.2, 0.25) is 0 Å². The molecule has 4 nitrogen and oxygen atoms in total. The van der Waals surface area contributed by atoms with Crippen molar-refractivity contribution in [1.29, 1.82) is 0 Å². The Bertz CT molecular complexity index is 756. The lowest BCUT2D eigenvalue weighted by atomic mass is 9.96. The normalized spacial score (nSPS) is 20.5. The van der Waals surface area contributed by atoms with Crippen molar-refractivity contribution >= 4 is 16.9 Å². The number of rotatable bonds is 4. The molecule has 124 valence electrons. The number of carbonyl (C=O) groups is 1. The largest absolute Gasteiger partial charge is 0.427 e. The zero-order chi connectivity index (χ0) is 16.6. The van der Waals surface area contributed by atoms with Gasteiger partial charge < -0.3 is 14.5 Å². The van der Waals surface area contributed by atoms with Gasteiger partial charge in [0.05, 0.1) is 17.8 Å². The van der Waals surface area contributed by atoms with Crippen LogP contribution < -0.4 is 0 Å². The Morgan fingerprint density at radius 2 is 2.13 bits per heavy atom. The minimum absolute atomic E-state index is 0.0912. The first-order valence-corrected chi connectivity index (χ1v) is 7.81. The molecular weight excluding hydrogens is 304 g/mol. The maximum atomic E-state index is 14.2. The maximum Gasteiger partial charge on any atom is 0.305 e. The van der Waals surface area contributed by atoms with Crippen LogP contribution in [-0.4, -0.2) is 17.6 Å². The van der Waals surface area contributed by atoms with E-state index in [2.05, 4.69) is 4.98 Å². The predicted octanol–water partition coefficient (Wildman–Crippen LogP) is 3.92. The summed E-state index contributed by atoms with van der Waals surface area (Å²) in [4.78, 5) is 14.5. The van der Waals surface area contributed by atoms with Crippen molar-refractivity contribution in [2.45, 2.75) is 45.3 Å². The summed E-state index contributed by atoms with van der Waals surface area (Å²) in [6.07, 6.45) is 2.51. The van der Waals surface area contributed by atoms with Gasteiger partial charge in [-0.15, -0.1) is 0 Å². The molecule has 1 aliphatic heterocycles. The van der Waals surface area contributed by atoms with Crippen molar-refractivity contribution in [3.8, 4) is 0 Å². The second-order valence-electron chi connectivity index (χ2n) is 5.81. The summed E-state index contributed by atoms with van der Waals surface area (Å²) in [5, 5.41) is 0.219. The van der Waals surface area contributed by atoms with Crippen LogP contribution in [-0.2, 0) is 26.5 Å². The lowest BCUT2D eigenvalue weighted by Gasteiger charge is -2.36. The second-order valence-corrected chi connectivity index (χ2v) is 5.81. The average Bonchev–Trinajstić information content (AvgIpc) is 2.91. The van der Waals surface area contributed by atoms with E-state index in [9.17, 15) is 13.6 Å². The average molecular weight is 323 g/mol. The third-order valence-electron chi connectivity index (χ3n) is 4.19. The molecule has 0 bridgehead atoms. The minimum atomic E-state index is -1.30. The quantitative estimate of drug-likeness (QED) is 0.868. The lowest BCUT2D eigenvalue weighted by Crippen LogP contribution is -2.39. The molecule has 0 spiro atoms. The zero-order valence-corrected chi connectivity index (χ0v) is 13.2. The van der Waals surface area contributed by atoms with Crippen molar-refractivity contribution in [1.82, 2.24) is 4.98 Å². The molecule has 0 amide bonds. The van der Waals surface area contributed by atoms with E-state index in [-0.39, 0.29) is 17.5 Å². The number of ether oxygens (including phenoxy) is 2. The standard InChI is InChI=1S/C17H19F2NO3/c1-3-4-8-17(23-10(2)21)16-11(7-9-22-17)14-12(18)5-6-13(19)15(14)20-16/h5-6,20H,3-4,7-9H2,1-2H3. The zero-order valence-electron chi connectivity index (χ0n) is 13.2. The number of fused-ring (bicyclic) bond motifs is 3. The fourth-order valence-electron chi connectivity index (χ4n) is 3.23. The van der Waals surface area contributed by atoms with Crippen molar-refractivity contribution in [3.63, 3.8) is 0 Å². The molecular formula is C17H19F2NO3. The highest BCUT2D eigenvalue weighted by Gasteiger charge is 2.43. The number of aromatic nitrogens is 1. The fourth-order valence-corrected chi connectivity index (χ4v) is 3.23. The summed E-state index contributed by atoms with van der Waals surface area (Å²) in [7, 11) is 0. The van der Waals surface area contributed by atoms with Crippen molar-refractivity contribution < 1.29 is 23.0 Å². The number of hydrogen-bond donors (Lipinski definition) is 1. The Labute approximate surface area is 132 Å². The summed E-state index contributed by atoms with van der Waals surface area (Å²) >= 11 is 0. The smallest absolute Gasteiger partial charge is 0.305 e. The maximum absolute atomic E-state index is 14.2. The van der Waals surface area contributed by atoms with Gasteiger partial charge in [-0.25, -0.2) is 8.78 Å². The minimum Gasteiger partial charge on any atom is -0.427 e. The summed E-state index contributed by atoms with van der Waals surface area (Å²) in [5.41, 5.74) is 1.17. The van der Waals surface area contributed by atoms with Crippen LogP contribution >= 0.6 is 0 Å². The number of hydrogen-bond acceptors (Lipinski definition) is 3. The van der Waals surface area contributed by atoms with Crippen LogP contribution in [0.3, 0.4) is 0 Å². The van der Waals surface area contributed by atoms with E-state index in [1.165, 1.54) is 6.92 Å². The highest BCUT2D eigenvalue weighted by molar-refractivity contribution is 5.86. The van der Waals surface area contributed by atoms with Gasteiger partial charge >= 0.3 is 5.97 Å². The van der Waals surface area contributed by atoms with Crippen LogP contribution in [0.5, 0.6) is 0 Å². The van der Waals surface area contributed by atoms with E-state index in [1.54, 1.807) is 0 Å². The number of unbranched alkanes of at least 4 members (excludes halogenated alkanes) is 1. The van der Waals surface area contributed by atoms with Gasteiger partial charge in [-0.2, -0.15) is 0 Å². The summed E-state index contributed by atoms with van der Waals surface area (Å²) in [6.45, 7) is 3.60. The highest BCUT2D eigenvalue weighted by atomic mass is 19.1. The predicted molar refractivity (Wildman–Crippen MR) is 80.8 cm³/mol. The molecule has 0 saturated heterocycles. The molecule has 6 heteroatoms. The monoisotopic (exact) mass is 323 g/mol. The van der Waals surface area contributed by atoms with E-state index >= 15 is 0 Å². The number of halogens is 2. The van der Waals surface area contributed by atoms with Crippen molar-refractivity contribution in [2.75, 3.05) is 6.61 Å². The van der Waals surface area contributed by atoms with Crippen LogP contribution in [0, 0.1) is 11.6 Å². The van der Waals surface area contributed by atoms with Crippen LogP contribution in [0.1, 0.15) is 44.4 Å². The summed E-state index contributed by atoms with van der Waals surface area (Å²) in [5.74, 6) is -2.82. The van der Waals surface area contributed by atoms with Gasteiger partial charge in [0, 0.05) is 18.7 Å². The number of esters is 1. The van der Waals surface area contributed by atoms with Crippen molar-refractivity contribution in [3.05, 3.63) is 35.0 Å². The Balaban J connectivity index is 2.22. The first-order valence-electron chi connectivity index (χ1n) is 7.81. The molecule has 3 rings (SSSR count). The van der Waals surface area contributed by atoms with E-state index in [0.717, 1.165) is 25.0 Å². The Morgan fingerprint density at radius 1 is 1.39 bits per heavy atom. The molecule has 1 atom stereocenters. The molecule has 0 fully saturated rings. The highest BCUT2D eigenvalue weighted by Crippen LogP contribution is 2.42. The third kappa shape index (κ3) is 2.61. The molecule has 0 saturated carbocycles. The van der Waals surface area contributed by atoms with Gasteiger partial charge in [0.15, 0.2) is 0 Å². The molecule has 0 radical (unpaired) electrons. The van der Waals surface area contributed by atoms with Gasteiger partial charge in [-0.1, -0.05) is 13.3 Å². The second kappa shape index (κ2) is 5.92. The van der Waals surface area contributed by atoms with Crippen LogP contribution in [0.4, 0.5) is 8.78 Å². The first-order chi connectivity index (χ1) is 11.0. The molecule has 1 aliphatic rings. The lowest BCUT2D eigenvalue weighted by molar-refractivity contribution is -0.248. The van der Waals surface area contributed by atoms with Crippen LogP contribution in [0.25, 0.3) is 10.9 Å². The van der Waals surface area contributed by atoms with Crippen LogP contribution in [0.2, 0.25) is 0 Å². The Morgan fingerprint density at radius 3 is 2.83 bits per heavy atom. The number of H-pyrrole nitrogens is 1. The van der Waals surface area contributed by atoms with Crippen molar-refractivity contribution in [2.24, 2.45) is 0 Å². The SMILES string of the molecule is CCCCC1(OC(C)=O)OCCc2c1[nH]c1c(F)ccc(F)c21. The molecule has 1 aromatic heterocycles. The molecule has 23 heavy (non-hydrogen) atoms. The molecule has 1 aromatic carbocycles.